The second-order valence-electron chi connectivity index (χ2n) is 5.06. The zero-order valence-electron chi connectivity index (χ0n) is 10.4. The van der Waals surface area contributed by atoms with Gasteiger partial charge < -0.3 is 9.64 Å². The Hall–Kier alpha value is -0.770. The first kappa shape index (κ1) is 13.2. The highest BCUT2D eigenvalue weighted by Crippen LogP contribution is 2.36. The third-order valence-electron chi connectivity index (χ3n) is 3.84. The van der Waals surface area contributed by atoms with Crippen molar-refractivity contribution < 1.29 is 9.53 Å². The van der Waals surface area contributed by atoms with E-state index in [4.69, 9.17) is 27.9 Å². The fourth-order valence-electron chi connectivity index (χ4n) is 2.64. The van der Waals surface area contributed by atoms with Gasteiger partial charge in [0, 0.05) is 13.1 Å². The number of nitrogens with zero attached hydrogens (tertiary/aromatic N) is 1. The predicted molar refractivity (Wildman–Crippen MR) is 74.8 cm³/mol. The molecule has 0 aromatic heterocycles. The van der Waals surface area contributed by atoms with Crippen molar-refractivity contribution in [1.82, 2.24) is 4.90 Å². The van der Waals surface area contributed by atoms with Gasteiger partial charge in [-0.15, -0.1) is 0 Å². The van der Waals surface area contributed by atoms with Gasteiger partial charge in [-0.1, -0.05) is 35.3 Å². The number of carbonyl (C=O) groups is 1. The van der Waals surface area contributed by atoms with Crippen LogP contribution in [0.15, 0.2) is 18.2 Å². The maximum absolute atomic E-state index is 11.9. The number of ether oxygens (including phenoxy) is 1. The van der Waals surface area contributed by atoms with Crippen molar-refractivity contribution in [3.05, 3.63) is 33.8 Å². The minimum atomic E-state index is -0.175. The molecule has 0 bridgehead atoms. The topological polar surface area (TPSA) is 32.8 Å². The lowest BCUT2D eigenvalue weighted by molar-refractivity contribution is -0.133. The highest BCUT2D eigenvalue weighted by atomic mass is 35.5. The number of hydrogen-bond acceptors (Lipinski definition) is 2. The summed E-state index contributed by atoms with van der Waals surface area (Å²) >= 11 is 12.3. The molecule has 1 aromatic carbocycles. The number of piperidine rings is 1. The van der Waals surface area contributed by atoms with Gasteiger partial charge in [0.25, 0.3) is 5.91 Å². The van der Waals surface area contributed by atoms with E-state index >= 15 is 0 Å². The molecule has 3 nitrogen and oxygen atoms in total. The minimum absolute atomic E-state index is 0.135. The second-order valence-corrected chi connectivity index (χ2v) is 5.85. The SMILES string of the molecule is O=C(C1CO1)N1CCC(c2cccc(Cl)c2Cl)CC1. The molecule has 2 saturated heterocycles. The fourth-order valence-corrected chi connectivity index (χ4v) is 3.10. The van der Waals surface area contributed by atoms with Crippen LogP contribution in [0.1, 0.15) is 24.3 Å². The predicted octanol–water partition coefficient (Wildman–Crippen LogP) is 3.10. The summed E-state index contributed by atoms with van der Waals surface area (Å²) in [6, 6.07) is 5.76. The van der Waals surface area contributed by atoms with E-state index in [1.807, 2.05) is 17.0 Å². The number of epoxide rings is 1. The molecule has 3 rings (SSSR count). The van der Waals surface area contributed by atoms with Crippen LogP contribution in [-0.4, -0.2) is 36.6 Å². The molecule has 0 radical (unpaired) electrons. The summed E-state index contributed by atoms with van der Waals surface area (Å²) in [6.45, 7) is 2.12. The summed E-state index contributed by atoms with van der Waals surface area (Å²) in [5.41, 5.74) is 1.10. The minimum Gasteiger partial charge on any atom is -0.363 e. The Balaban J connectivity index is 1.66. The van der Waals surface area contributed by atoms with E-state index in [0.29, 0.717) is 22.6 Å². The van der Waals surface area contributed by atoms with Crippen LogP contribution < -0.4 is 0 Å². The van der Waals surface area contributed by atoms with Crippen LogP contribution in [-0.2, 0) is 9.53 Å². The molecule has 0 spiro atoms. The summed E-state index contributed by atoms with van der Waals surface area (Å²) in [7, 11) is 0. The highest BCUT2D eigenvalue weighted by molar-refractivity contribution is 6.42. The largest absolute Gasteiger partial charge is 0.363 e. The van der Waals surface area contributed by atoms with Crippen molar-refractivity contribution in [2.45, 2.75) is 24.9 Å². The smallest absolute Gasteiger partial charge is 0.254 e. The number of hydrogen-bond donors (Lipinski definition) is 0. The Bertz CT molecular complexity index is 494. The number of likely N-dealkylation sites (tertiary alicyclic amines) is 1. The first-order valence-electron chi connectivity index (χ1n) is 6.51. The van der Waals surface area contributed by atoms with Crippen LogP contribution in [0.25, 0.3) is 0 Å². The van der Waals surface area contributed by atoms with E-state index in [1.54, 1.807) is 6.07 Å². The zero-order valence-corrected chi connectivity index (χ0v) is 12.0. The molecular formula is C14H15Cl2NO2. The van der Waals surface area contributed by atoms with Gasteiger partial charge in [0.05, 0.1) is 16.7 Å². The van der Waals surface area contributed by atoms with Crippen LogP contribution in [0.4, 0.5) is 0 Å². The number of halogens is 2. The molecule has 2 aliphatic rings. The first-order valence-corrected chi connectivity index (χ1v) is 7.26. The van der Waals surface area contributed by atoms with Crippen molar-refractivity contribution in [2.24, 2.45) is 0 Å². The number of rotatable bonds is 2. The molecule has 1 amide bonds. The van der Waals surface area contributed by atoms with Crippen molar-refractivity contribution >= 4 is 29.1 Å². The molecule has 2 heterocycles. The van der Waals surface area contributed by atoms with Crippen LogP contribution >= 0.6 is 23.2 Å². The summed E-state index contributed by atoms with van der Waals surface area (Å²) in [6.07, 6.45) is 1.68. The molecule has 1 atom stereocenters. The zero-order chi connectivity index (χ0) is 13.4. The lowest BCUT2D eigenvalue weighted by atomic mass is 9.89. The van der Waals surface area contributed by atoms with Crippen LogP contribution in [0.2, 0.25) is 10.0 Å². The monoisotopic (exact) mass is 299 g/mol. The van der Waals surface area contributed by atoms with E-state index < -0.39 is 0 Å². The average Bonchev–Trinajstić information content (AvgIpc) is 3.26. The van der Waals surface area contributed by atoms with E-state index in [0.717, 1.165) is 31.5 Å². The van der Waals surface area contributed by atoms with Crippen molar-refractivity contribution in [2.75, 3.05) is 19.7 Å². The van der Waals surface area contributed by atoms with Gasteiger partial charge in [-0.25, -0.2) is 0 Å². The molecule has 5 heteroatoms. The van der Waals surface area contributed by atoms with Gasteiger partial charge >= 0.3 is 0 Å². The van der Waals surface area contributed by atoms with Gasteiger partial charge in [-0.2, -0.15) is 0 Å². The molecule has 1 aromatic rings. The Kier molecular flexibility index (Phi) is 3.70. The van der Waals surface area contributed by atoms with Gasteiger partial charge in [0.2, 0.25) is 0 Å². The standard InChI is InChI=1S/C14H15Cl2NO2/c15-11-3-1-2-10(13(11)16)9-4-6-17(7-5-9)14(18)12-8-19-12/h1-3,9,12H,4-8H2. The molecule has 2 aliphatic heterocycles. The highest BCUT2D eigenvalue weighted by Gasteiger charge is 2.36. The normalized spacial score (nSPS) is 23.5. The molecular weight excluding hydrogens is 285 g/mol. The van der Waals surface area contributed by atoms with Crippen molar-refractivity contribution in [3.8, 4) is 0 Å². The maximum atomic E-state index is 11.9. The summed E-state index contributed by atoms with van der Waals surface area (Å²) in [5.74, 6) is 0.519. The van der Waals surface area contributed by atoms with Gasteiger partial charge in [0.15, 0.2) is 6.10 Å². The third-order valence-corrected chi connectivity index (χ3v) is 4.67. The molecule has 0 saturated carbocycles. The quantitative estimate of drug-likeness (QED) is 0.786. The van der Waals surface area contributed by atoms with Crippen molar-refractivity contribution in [3.63, 3.8) is 0 Å². The Morgan fingerprint density at radius 2 is 1.95 bits per heavy atom. The lowest BCUT2D eigenvalue weighted by Gasteiger charge is -2.32. The lowest BCUT2D eigenvalue weighted by Crippen LogP contribution is -2.40. The average molecular weight is 300 g/mol. The van der Waals surface area contributed by atoms with Crippen molar-refractivity contribution in [1.29, 1.82) is 0 Å². The van der Waals surface area contributed by atoms with Crippen LogP contribution in [0.3, 0.4) is 0 Å². The van der Waals surface area contributed by atoms with Gasteiger partial charge in [0.1, 0.15) is 0 Å². The fraction of sp³-hybridized carbons (Fsp3) is 0.500. The Morgan fingerprint density at radius 1 is 1.26 bits per heavy atom. The molecule has 0 N–H and O–H groups in total. The summed E-state index contributed by atoms with van der Waals surface area (Å²) < 4.78 is 5.04. The maximum Gasteiger partial charge on any atom is 0.254 e. The summed E-state index contributed by atoms with van der Waals surface area (Å²) in [4.78, 5) is 13.8. The van der Waals surface area contributed by atoms with Gasteiger partial charge in [-0.05, 0) is 30.4 Å². The molecule has 102 valence electrons. The summed E-state index contributed by atoms with van der Waals surface area (Å²) in [5, 5.41) is 1.25. The Labute approximate surface area is 122 Å². The Morgan fingerprint density at radius 3 is 2.58 bits per heavy atom. The van der Waals surface area contributed by atoms with Crippen LogP contribution in [0, 0.1) is 0 Å². The van der Waals surface area contributed by atoms with E-state index in [-0.39, 0.29) is 12.0 Å². The van der Waals surface area contributed by atoms with E-state index in [9.17, 15) is 4.79 Å². The second kappa shape index (κ2) is 5.31. The number of carbonyl (C=O) groups excluding carboxylic acids is 1. The number of amides is 1. The van der Waals surface area contributed by atoms with E-state index in [2.05, 4.69) is 0 Å². The van der Waals surface area contributed by atoms with Crippen LogP contribution in [0.5, 0.6) is 0 Å². The third kappa shape index (κ3) is 2.73. The van der Waals surface area contributed by atoms with Gasteiger partial charge in [-0.3, -0.25) is 4.79 Å². The molecule has 2 fully saturated rings. The molecule has 0 aliphatic carbocycles. The number of benzene rings is 1. The van der Waals surface area contributed by atoms with E-state index in [1.165, 1.54) is 0 Å². The molecule has 19 heavy (non-hydrogen) atoms. The first-order chi connectivity index (χ1) is 9.16. The molecule has 1 unspecified atom stereocenters.